The first-order valence-corrected chi connectivity index (χ1v) is 13.7. The van der Waals surface area contributed by atoms with Crippen molar-refractivity contribution in [3.05, 3.63) is 95.8 Å². The van der Waals surface area contributed by atoms with Crippen LogP contribution >= 0.6 is 11.8 Å². The molecule has 1 N–H and O–H groups in total. The number of amides is 2. The first-order chi connectivity index (χ1) is 18.9. The zero-order chi connectivity index (χ0) is 27.5. The van der Waals surface area contributed by atoms with Gasteiger partial charge in [0, 0.05) is 17.2 Å². The smallest absolute Gasteiger partial charge is 0.240 e. The Morgan fingerprint density at radius 3 is 2.41 bits per heavy atom. The molecule has 1 aromatic heterocycles. The number of nitrogens with zero attached hydrogens (tertiary/aromatic N) is 3. The lowest BCUT2D eigenvalue weighted by molar-refractivity contribution is -0.123. The SMILES string of the molecule is COc1ccc(-n2nc(-c3ccccc3)c3c2N(CC(=O)NC(C)C)C(=O)CSC3c2ccc(F)cc2)cc1. The molecule has 5 rings (SSSR count). The molecule has 1 unspecified atom stereocenters. The van der Waals surface area contributed by atoms with E-state index in [-0.39, 0.29) is 41.2 Å². The molecule has 2 heterocycles. The second-order valence-corrected chi connectivity index (χ2v) is 10.6. The summed E-state index contributed by atoms with van der Waals surface area (Å²) >= 11 is 1.44. The standard InChI is InChI=1S/C30H29FN4O3S/c1-19(2)32-25(36)17-34-26(37)18-39-29(21-9-11-22(31)12-10-21)27-28(20-7-5-4-6-8-20)33-35(30(27)34)23-13-15-24(38-3)16-14-23/h4-16,19,29H,17-18H2,1-3H3,(H,32,36). The Labute approximate surface area is 231 Å². The summed E-state index contributed by atoms with van der Waals surface area (Å²) in [5.41, 5.74) is 3.90. The highest BCUT2D eigenvalue weighted by Gasteiger charge is 2.37. The van der Waals surface area contributed by atoms with Gasteiger partial charge in [-0.3, -0.25) is 14.5 Å². The van der Waals surface area contributed by atoms with E-state index >= 15 is 0 Å². The maximum atomic E-state index is 13.9. The molecule has 1 atom stereocenters. The minimum Gasteiger partial charge on any atom is -0.497 e. The van der Waals surface area contributed by atoms with Gasteiger partial charge in [0.25, 0.3) is 0 Å². The number of methoxy groups -OCH3 is 1. The van der Waals surface area contributed by atoms with E-state index in [1.807, 2.05) is 68.4 Å². The molecular formula is C30H29FN4O3S. The Bertz CT molecular complexity index is 1470. The summed E-state index contributed by atoms with van der Waals surface area (Å²) < 4.78 is 21.0. The van der Waals surface area contributed by atoms with Crippen molar-refractivity contribution in [2.24, 2.45) is 0 Å². The number of aromatic nitrogens is 2. The predicted octanol–water partition coefficient (Wildman–Crippen LogP) is 5.38. The van der Waals surface area contributed by atoms with E-state index in [1.165, 1.54) is 28.8 Å². The molecule has 9 heteroatoms. The van der Waals surface area contributed by atoms with Crippen LogP contribution in [0.4, 0.5) is 10.2 Å². The number of rotatable bonds is 7. The number of carbonyl (C=O) groups is 2. The number of benzene rings is 3. The van der Waals surface area contributed by atoms with Crippen molar-refractivity contribution in [2.75, 3.05) is 24.3 Å². The average molecular weight is 545 g/mol. The summed E-state index contributed by atoms with van der Waals surface area (Å²) in [4.78, 5) is 28.2. The van der Waals surface area contributed by atoms with Crippen molar-refractivity contribution in [1.82, 2.24) is 15.1 Å². The number of hydrogen-bond donors (Lipinski definition) is 1. The van der Waals surface area contributed by atoms with Crippen LogP contribution in [0, 0.1) is 5.82 Å². The van der Waals surface area contributed by atoms with Gasteiger partial charge in [0.15, 0.2) is 0 Å². The number of ether oxygens (including phenoxy) is 1. The van der Waals surface area contributed by atoms with E-state index in [9.17, 15) is 14.0 Å². The monoisotopic (exact) mass is 544 g/mol. The molecule has 200 valence electrons. The second kappa shape index (κ2) is 11.3. The highest BCUT2D eigenvalue weighted by Crippen LogP contribution is 2.48. The molecule has 7 nitrogen and oxygen atoms in total. The number of carbonyl (C=O) groups excluding carboxylic acids is 2. The molecule has 1 aliphatic rings. The topological polar surface area (TPSA) is 76.5 Å². The number of halogens is 1. The third-order valence-corrected chi connectivity index (χ3v) is 7.63. The Hall–Kier alpha value is -4.11. The average Bonchev–Trinajstić information content (AvgIpc) is 3.26. The van der Waals surface area contributed by atoms with E-state index in [0.717, 1.165) is 16.7 Å². The van der Waals surface area contributed by atoms with Gasteiger partial charge in [0.2, 0.25) is 11.8 Å². The Balaban J connectivity index is 1.78. The van der Waals surface area contributed by atoms with Gasteiger partial charge in [-0.05, 0) is 55.8 Å². The third-order valence-electron chi connectivity index (χ3n) is 6.38. The maximum absolute atomic E-state index is 13.9. The highest BCUT2D eigenvalue weighted by atomic mass is 32.2. The molecule has 2 amide bonds. The van der Waals surface area contributed by atoms with Crippen LogP contribution in [0.25, 0.3) is 16.9 Å². The molecule has 1 aliphatic heterocycles. The first-order valence-electron chi connectivity index (χ1n) is 12.6. The third kappa shape index (κ3) is 5.54. The lowest BCUT2D eigenvalue weighted by atomic mass is 9.99. The summed E-state index contributed by atoms with van der Waals surface area (Å²) in [6, 6.07) is 23.4. The molecule has 0 spiro atoms. The van der Waals surface area contributed by atoms with Gasteiger partial charge in [-0.15, -0.1) is 11.8 Å². The van der Waals surface area contributed by atoms with Gasteiger partial charge in [0.1, 0.15) is 23.9 Å². The van der Waals surface area contributed by atoms with Gasteiger partial charge in [0.05, 0.1) is 29.5 Å². The van der Waals surface area contributed by atoms with Crippen molar-refractivity contribution in [3.63, 3.8) is 0 Å². The lowest BCUT2D eigenvalue weighted by Crippen LogP contribution is -2.44. The van der Waals surface area contributed by atoms with E-state index in [1.54, 1.807) is 23.9 Å². The molecule has 0 saturated carbocycles. The number of thioether (sulfide) groups is 1. The zero-order valence-electron chi connectivity index (χ0n) is 21.9. The minimum absolute atomic E-state index is 0.0771. The van der Waals surface area contributed by atoms with E-state index in [0.29, 0.717) is 22.9 Å². The largest absolute Gasteiger partial charge is 0.497 e. The minimum atomic E-state index is -0.335. The van der Waals surface area contributed by atoms with Gasteiger partial charge in [-0.2, -0.15) is 5.10 Å². The van der Waals surface area contributed by atoms with Crippen molar-refractivity contribution < 1.29 is 18.7 Å². The summed E-state index contributed by atoms with van der Waals surface area (Å²) in [5.74, 6) is 0.532. The Morgan fingerprint density at radius 1 is 1.08 bits per heavy atom. The zero-order valence-corrected chi connectivity index (χ0v) is 22.7. The van der Waals surface area contributed by atoms with Crippen LogP contribution in [-0.2, 0) is 9.59 Å². The van der Waals surface area contributed by atoms with E-state index < -0.39 is 0 Å². The van der Waals surface area contributed by atoms with Crippen molar-refractivity contribution in [3.8, 4) is 22.7 Å². The molecule has 0 saturated heterocycles. The van der Waals surface area contributed by atoms with Crippen LogP contribution in [0.3, 0.4) is 0 Å². The summed E-state index contributed by atoms with van der Waals surface area (Å²) in [5, 5.41) is 7.61. The fraction of sp³-hybridized carbons (Fsp3) is 0.233. The van der Waals surface area contributed by atoms with Gasteiger partial charge in [-0.25, -0.2) is 9.07 Å². The normalized spacial score (nSPS) is 15.2. The van der Waals surface area contributed by atoms with Gasteiger partial charge >= 0.3 is 0 Å². The van der Waals surface area contributed by atoms with Crippen molar-refractivity contribution >= 4 is 29.4 Å². The molecule has 0 fully saturated rings. The lowest BCUT2D eigenvalue weighted by Gasteiger charge is -2.23. The van der Waals surface area contributed by atoms with Gasteiger partial charge in [-0.1, -0.05) is 42.5 Å². The number of hydrogen-bond acceptors (Lipinski definition) is 5. The molecular weight excluding hydrogens is 515 g/mol. The Morgan fingerprint density at radius 2 is 1.77 bits per heavy atom. The number of nitrogens with one attached hydrogen (secondary N) is 1. The highest BCUT2D eigenvalue weighted by molar-refractivity contribution is 8.00. The Kier molecular flexibility index (Phi) is 7.70. The predicted molar refractivity (Wildman–Crippen MR) is 152 cm³/mol. The second-order valence-electron chi connectivity index (χ2n) is 9.51. The van der Waals surface area contributed by atoms with Crippen LogP contribution in [0.2, 0.25) is 0 Å². The maximum Gasteiger partial charge on any atom is 0.240 e. The molecule has 4 aromatic rings. The fourth-order valence-corrected chi connectivity index (χ4v) is 5.84. The number of fused-ring (bicyclic) bond motifs is 1. The van der Waals surface area contributed by atoms with Gasteiger partial charge < -0.3 is 10.1 Å². The summed E-state index contributed by atoms with van der Waals surface area (Å²) in [6.45, 7) is 3.60. The van der Waals surface area contributed by atoms with Crippen molar-refractivity contribution in [2.45, 2.75) is 25.1 Å². The summed E-state index contributed by atoms with van der Waals surface area (Å²) in [7, 11) is 1.60. The van der Waals surface area contributed by atoms with Crippen molar-refractivity contribution in [1.29, 1.82) is 0 Å². The van der Waals surface area contributed by atoms with Crippen LogP contribution in [-0.4, -0.2) is 47.0 Å². The van der Waals surface area contributed by atoms with Crippen LogP contribution < -0.4 is 15.0 Å². The first kappa shape index (κ1) is 26.5. The van der Waals surface area contributed by atoms with E-state index in [2.05, 4.69) is 5.32 Å². The van der Waals surface area contributed by atoms with Crippen LogP contribution in [0.1, 0.15) is 30.2 Å². The fourth-order valence-electron chi connectivity index (χ4n) is 4.64. The molecule has 3 aromatic carbocycles. The molecule has 0 aliphatic carbocycles. The molecule has 0 bridgehead atoms. The molecule has 0 radical (unpaired) electrons. The number of anilines is 1. The van der Waals surface area contributed by atoms with E-state index in [4.69, 9.17) is 9.84 Å². The quantitative estimate of drug-likeness (QED) is 0.338. The van der Waals surface area contributed by atoms with Crippen LogP contribution in [0.15, 0.2) is 78.9 Å². The van der Waals surface area contributed by atoms with Crippen LogP contribution in [0.5, 0.6) is 5.75 Å². The summed E-state index contributed by atoms with van der Waals surface area (Å²) in [6.07, 6.45) is 0. The molecule has 39 heavy (non-hydrogen) atoms.